The molecule has 0 saturated heterocycles. The van der Waals surface area contributed by atoms with Gasteiger partial charge in [0.2, 0.25) is 0 Å². The van der Waals surface area contributed by atoms with Crippen LogP contribution < -0.4 is 14.8 Å². The van der Waals surface area contributed by atoms with Crippen LogP contribution in [0.5, 0.6) is 11.5 Å². The Labute approximate surface area is 265 Å². The van der Waals surface area contributed by atoms with Crippen molar-refractivity contribution in [2.75, 3.05) is 7.11 Å². The molecule has 5 rings (SSSR count). The number of nitrogens with one attached hydrogen (secondary N) is 1. The normalized spacial score (nSPS) is 14.8. The zero-order valence-electron chi connectivity index (χ0n) is 25.1. The molecule has 44 heavy (non-hydrogen) atoms. The van der Waals surface area contributed by atoms with E-state index in [0.717, 1.165) is 24.8 Å². The predicted molar refractivity (Wildman–Crippen MR) is 172 cm³/mol. The number of amides is 1. The molecular formula is C34H35ClN2O6S. The fourth-order valence-electron chi connectivity index (χ4n) is 5.34. The Morgan fingerprint density at radius 1 is 1.20 bits per heavy atom. The Morgan fingerprint density at radius 2 is 2.02 bits per heavy atom. The number of methoxy groups -OCH3 is 1. The number of hydrogen-bond acceptors (Lipinski definition) is 7. The highest BCUT2D eigenvalue weighted by molar-refractivity contribution is 7.16. The number of fused-ring (bicyclic) bond motifs is 1. The van der Waals surface area contributed by atoms with Gasteiger partial charge in [0.05, 0.1) is 36.1 Å². The van der Waals surface area contributed by atoms with Gasteiger partial charge in [0.25, 0.3) is 5.91 Å². The summed E-state index contributed by atoms with van der Waals surface area (Å²) in [5.41, 5.74) is 3.39. The molecule has 8 nitrogen and oxygen atoms in total. The average Bonchev–Trinajstić information content (AvgIpc) is 3.65. The molecule has 0 aliphatic heterocycles. The smallest absolute Gasteiger partial charge is 0.335 e. The largest absolute Gasteiger partial charge is 0.493 e. The van der Waals surface area contributed by atoms with E-state index in [1.807, 2.05) is 6.07 Å². The van der Waals surface area contributed by atoms with Crippen molar-refractivity contribution in [3.8, 4) is 11.5 Å². The highest BCUT2D eigenvalue weighted by Crippen LogP contribution is 2.45. The number of thiophene rings is 1. The monoisotopic (exact) mass is 634 g/mol. The van der Waals surface area contributed by atoms with Crippen LogP contribution in [0.4, 0.5) is 5.00 Å². The molecule has 2 aromatic heterocycles. The number of aliphatic imine (C=N–C) groups is 1. The second-order valence-corrected chi connectivity index (χ2v) is 13.3. The molecule has 0 unspecified atom stereocenters. The summed E-state index contributed by atoms with van der Waals surface area (Å²) < 4.78 is 16.9. The van der Waals surface area contributed by atoms with Crippen LogP contribution >= 0.6 is 22.9 Å². The highest BCUT2D eigenvalue weighted by atomic mass is 35.5. The Kier molecular flexibility index (Phi) is 9.46. The maximum atomic E-state index is 13.5. The zero-order valence-corrected chi connectivity index (χ0v) is 26.7. The van der Waals surface area contributed by atoms with E-state index in [1.165, 1.54) is 18.1 Å². The molecule has 1 aliphatic carbocycles. The van der Waals surface area contributed by atoms with Gasteiger partial charge in [-0.05, 0) is 83.7 Å². The molecule has 0 radical (unpaired) electrons. The van der Waals surface area contributed by atoms with Gasteiger partial charge in [0.1, 0.15) is 17.4 Å². The number of rotatable bonds is 10. The summed E-state index contributed by atoms with van der Waals surface area (Å²) >= 11 is 8.19. The summed E-state index contributed by atoms with van der Waals surface area (Å²) in [4.78, 5) is 30.8. The molecule has 2 aromatic carbocycles. The van der Waals surface area contributed by atoms with E-state index in [1.54, 1.807) is 60.2 Å². The molecule has 1 atom stereocenters. The molecule has 4 aromatic rings. The first-order valence-electron chi connectivity index (χ1n) is 14.3. The first kappa shape index (κ1) is 31.3. The fourth-order valence-corrected chi connectivity index (χ4v) is 6.88. The van der Waals surface area contributed by atoms with Crippen molar-refractivity contribution in [1.82, 2.24) is 5.32 Å². The predicted octanol–water partition coefficient (Wildman–Crippen LogP) is 8.11. The Hall–Kier alpha value is -4.08. The van der Waals surface area contributed by atoms with Crippen LogP contribution in [0.1, 0.15) is 75.2 Å². The van der Waals surface area contributed by atoms with E-state index in [2.05, 4.69) is 26.1 Å². The van der Waals surface area contributed by atoms with Crippen molar-refractivity contribution in [3.05, 3.63) is 98.3 Å². The third-order valence-electron chi connectivity index (χ3n) is 7.84. The zero-order chi connectivity index (χ0) is 31.4. The lowest BCUT2D eigenvalue weighted by Gasteiger charge is -2.33. The van der Waals surface area contributed by atoms with E-state index in [4.69, 9.17) is 30.5 Å². The van der Waals surface area contributed by atoms with Crippen molar-refractivity contribution >= 4 is 46.0 Å². The second-order valence-electron chi connectivity index (χ2n) is 11.8. The Bertz CT molecular complexity index is 1690. The first-order chi connectivity index (χ1) is 21.0. The van der Waals surface area contributed by atoms with Gasteiger partial charge in [0, 0.05) is 11.1 Å². The van der Waals surface area contributed by atoms with Crippen LogP contribution in [0.3, 0.4) is 0 Å². The number of aromatic carboxylic acids is 1. The minimum Gasteiger partial charge on any atom is -0.493 e. The molecule has 2 heterocycles. The summed E-state index contributed by atoms with van der Waals surface area (Å²) in [5.74, 6) is 0.759. The maximum absolute atomic E-state index is 13.5. The topological polar surface area (TPSA) is 110 Å². The minimum absolute atomic E-state index is 0.109. The number of benzene rings is 2. The molecule has 0 fully saturated rings. The van der Waals surface area contributed by atoms with E-state index in [0.29, 0.717) is 56.4 Å². The number of ether oxygens (including phenoxy) is 2. The summed E-state index contributed by atoms with van der Waals surface area (Å²) in [6.07, 6.45) is 6.02. The van der Waals surface area contributed by atoms with Crippen LogP contribution in [-0.4, -0.2) is 30.3 Å². The van der Waals surface area contributed by atoms with Gasteiger partial charge in [-0.25, -0.2) is 9.79 Å². The summed E-state index contributed by atoms with van der Waals surface area (Å²) in [6.45, 7) is 7.20. The first-order valence-corrected chi connectivity index (χ1v) is 15.5. The van der Waals surface area contributed by atoms with Gasteiger partial charge in [-0.15, -0.1) is 11.3 Å². The summed E-state index contributed by atoms with van der Waals surface area (Å²) in [7, 11) is 1.52. The number of carbonyl (C=O) groups excluding carboxylic acids is 1. The summed E-state index contributed by atoms with van der Waals surface area (Å²) in [6, 6.07) is 13.6. The van der Waals surface area contributed by atoms with Crippen molar-refractivity contribution < 1.29 is 28.6 Å². The molecule has 230 valence electrons. The molecule has 1 amide bonds. The van der Waals surface area contributed by atoms with Crippen molar-refractivity contribution in [2.45, 2.75) is 53.2 Å². The van der Waals surface area contributed by atoms with Crippen LogP contribution in [-0.2, 0) is 26.0 Å². The lowest BCUT2D eigenvalue weighted by atomic mass is 9.72. The van der Waals surface area contributed by atoms with Gasteiger partial charge in [0.15, 0.2) is 11.5 Å². The number of halogens is 1. The molecule has 0 bridgehead atoms. The van der Waals surface area contributed by atoms with Gasteiger partial charge in [-0.2, -0.15) is 0 Å². The standard InChI is InChI=1S/C34H35ClN2O6S/c1-34(2,3)23-10-11-25-28(16-23)44-32(29(25)31(38)36-18-24-9-6-12-42-24)37-17-21-14-26(35)30(27(15-21)41-4)43-19-20-7-5-8-22(13-20)33(39)40/h5-9,12-15,17,23H,10-11,16,18-19H2,1-4H3,(H,36,38)(H,39,40)/t23-/m0/s1. The lowest BCUT2D eigenvalue weighted by Crippen LogP contribution is -2.28. The minimum atomic E-state index is -1.01. The molecular weight excluding hydrogens is 600 g/mol. The van der Waals surface area contributed by atoms with E-state index in [9.17, 15) is 14.7 Å². The molecule has 10 heteroatoms. The number of carbonyl (C=O) groups is 2. The van der Waals surface area contributed by atoms with E-state index in [-0.39, 0.29) is 23.5 Å². The van der Waals surface area contributed by atoms with Gasteiger partial charge < -0.3 is 24.3 Å². The third-order valence-corrected chi connectivity index (χ3v) is 9.28. The molecule has 1 aliphatic rings. The lowest BCUT2D eigenvalue weighted by molar-refractivity contribution is 0.0696. The number of furan rings is 1. The van der Waals surface area contributed by atoms with Crippen molar-refractivity contribution in [2.24, 2.45) is 16.3 Å². The maximum Gasteiger partial charge on any atom is 0.335 e. The van der Waals surface area contributed by atoms with Crippen molar-refractivity contribution in [1.29, 1.82) is 0 Å². The molecule has 2 N–H and O–H groups in total. The van der Waals surface area contributed by atoms with E-state index < -0.39 is 5.97 Å². The van der Waals surface area contributed by atoms with Crippen LogP contribution in [0.15, 0.2) is 64.2 Å². The third kappa shape index (κ3) is 7.17. The van der Waals surface area contributed by atoms with E-state index >= 15 is 0 Å². The quantitative estimate of drug-likeness (QED) is 0.171. The number of carboxylic acid groups (broad SMARTS) is 1. The molecule has 0 saturated carbocycles. The van der Waals surface area contributed by atoms with Crippen LogP contribution in [0, 0.1) is 11.3 Å². The second kappa shape index (κ2) is 13.3. The number of nitrogens with zero attached hydrogens (tertiary/aromatic N) is 1. The average molecular weight is 635 g/mol. The van der Waals surface area contributed by atoms with Gasteiger partial charge in [-0.3, -0.25) is 4.79 Å². The Balaban J connectivity index is 1.40. The fraction of sp³-hybridized carbons (Fsp3) is 0.324. The Morgan fingerprint density at radius 3 is 2.73 bits per heavy atom. The molecule has 0 spiro atoms. The van der Waals surface area contributed by atoms with Gasteiger partial charge in [-0.1, -0.05) is 44.5 Å². The SMILES string of the molecule is COc1cc(C=Nc2sc3c(c2C(=O)NCc2ccco2)CC[C@H](C(C)(C)C)C3)cc(Cl)c1OCc1cccc(C(=O)O)c1. The number of carboxylic acids is 1. The highest BCUT2D eigenvalue weighted by Gasteiger charge is 2.33. The van der Waals surface area contributed by atoms with Gasteiger partial charge >= 0.3 is 5.97 Å². The van der Waals surface area contributed by atoms with Crippen molar-refractivity contribution in [3.63, 3.8) is 0 Å². The van der Waals surface area contributed by atoms with Crippen LogP contribution in [0.2, 0.25) is 5.02 Å². The van der Waals surface area contributed by atoms with Crippen LogP contribution in [0.25, 0.3) is 0 Å². The number of hydrogen-bond donors (Lipinski definition) is 2. The summed E-state index contributed by atoms with van der Waals surface area (Å²) in [5, 5.41) is 13.2.